The van der Waals surface area contributed by atoms with Crippen molar-refractivity contribution in [3.8, 4) is 5.75 Å². The molecule has 0 bridgehead atoms. The Bertz CT molecular complexity index is 415. The first kappa shape index (κ1) is 11.2. The number of hydrogen-bond acceptors (Lipinski definition) is 3. The van der Waals surface area contributed by atoms with Crippen molar-refractivity contribution >= 4 is 5.69 Å². The Morgan fingerprint density at radius 3 is 2.27 bits per heavy atom. The fourth-order valence-corrected chi connectivity index (χ4v) is 0.973. The van der Waals surface area contributed by atoms with E-state index in [1.807, 2.05) is 0 Å². The van der Waals surface area contributed by atoms with Gasteiger partial charge in [0.05, 0.1) is 4.92 Å². The van der Waals surface area contributed by atoms with Gasteiger partial charge in [-0.1, -0.05) is 0 Å². The molecule has 0 amide bonds. The molecule has 1 N–H and O–H groups in total. The molecular weight excluding hydrogens is 222 g/mol. The molecule has 0 spiro atoms. The van der Waals surface area contributed by atoms with Crippen molar-refractivity contribution in [2.75, 3.05) is 0 Å². The molecule has 0 heterocycles. The molecule has 1 aromatic carbocycles. The fourth-order valence-electron chi connectivity index (χ4n) is 0.973. The van der Waals surface area contributed by atoms with E-state index in [4.69, 9.17) is 5.11 Å². The molecule has 82 valence electrons. The normalized spacial score (nSPS) is 11.5. The zero-order valence-electron chi connectivity index (χ0n) is 6.88. The Kier molecular flexibility index (Phi) is 2.52. The van der Waals surface area contributed by atoms with Crippen LogP contribution in [0.4, 0.5) is 23.2 Å². The Labute approximate surface area is 79.9 Å². The summed E-state index contributed by atoms with van der Waals surface area (Å²) >= 11 is 0. The number of halogens is 4. The van der Waals surface area contributed by atoms with Crippen molar-refractivity contribution in [2.45, 2.75) is 6.18 Å². The van der Waals surface area contributed by atoms with Gasteiger partial charge < -0.3 is 5.11 Å². The molecule has 1 aromatic rings. The van der Waals surface area contributed by atoms with Crippen LogP contribution in [0.15, 0.2) is 12.1 Å². The minimum Gasteiger partial charge on any atom is -0.502 e. The highest BCUT2D eigenvalue weighted by molar-refractivity contribution is 5.52. The Balaban J connectivity index is 3.51. The summed E-state index contributed by atoms with van der Waals surface area (Å²) in [5.74, 6) is -3.47. The topological polar surface area (TPSA) is 63.4 Å². The summed E-state index contributed by atoms with van der Waals surface area (Å²) in [4.78, 5) is 8.94. The van der Waals surface area contributed by atoms with Crippen LogP contribution in [-0.2, 0) is 6.18 Å². The van der Waals surface area contributed by atoms with Crippen molar-refractivity contribution in [3.05, 3.63) is 33.6 Å². The van der Waals surface area contributed by atoms with Crippen LogP contribution in [0.2, 0.25) is 0 Å². The van der Waals surface area contributed by atoms with Crippen molar-refractivity contribution in [1.82, 2.24) is 0 Å². The summed E-state index contributed by atoms with van der Waals surface area (Å²) < 4.78 is 49.1. The Hall–Kier alpha value is -1.86. The van der Waals surface area contributed by atoms with Crippen LogP contribution < -0.4 is 0 Å². The number of nitrogens with zero attached hydrogens (tertiary/aromatic N) is 1. The fraction of sp³-hybridized carbons (Fsp3) is 0.143. The first-order valence-corrected chi connectivity index (χ1v) is 3.48. The predicted molar refractivity (Wildman–Crippen MR) is 39.7 cm³/mol. The number of alkyl halides is 3. The van der Waals surface area contributed by atoms with E-state index in [1.165, 1.54) is 0 Å². The van der Waals surface area contributed by atoms with Gasteiger partial charge in [0.25, 0.3) is 0 Å². The number of rotatable bonds is 1. The van der Waals surface area contributed by atoms with Crippen molar-refractivity contribution in [2.24, 2.45) is 0 Å². The summed E-state index contributed by atoms with van der Waals surface area (Å²) in [5.41, 5.74) is -3.22. The van der Waals surface area contributed by atoms with Gasteiger partial charge >= 0.3 is 11.9 Å². The molecule has 0 atom stereocenters. The van der Waals surface area contributed by atoms with Gasteiger partial charge in [-0.15, -0.1) is 0 Å². The number of phenols is 1. The highest BCUT2D eigenvalue weighted by Gasteiger charge is 2.40. The second-order valence-electron chi connectivity index (χ2n) is 2.54. The molecule has 8 heteroatoms. The first-order chi connectivity index (χ1) is 6.75. The highest BCUT2D eigenvalue weighted by Crippen LogP contribution is 2.41. The van der Waals surface area contributed by atoms with E-state index in [1.54, 1.807) is 0 Å². The maximum absolute atomic E-state index is 12.7. The van der Waals surface area contributed by atoms with Gasteiger partial charge in [-0.25, -0.2) is 4.39 Å². The van der Waals surface area contributed by atoms with Crippen molar-refractivity contribution in [3.63, 3.8) is 0 Å². The third-order valence-electron chi connectivity index (χ3n) is 1.59. The highest BCUT2D eigenvalue weighted by atomic mass is 19.4. The summed E-state index contributed by atoms with van der Waals surface area (Å²) in [5, 5.41) is 19.0. The summed E-state index contributed by atoms with van der Waals surface area (Å²) in [7, 11) is 0. The summed E-state index contributed by atoms with van der Waals surface area (Å²) in [6.07, 6.45) is -5.18. The molecule has 0 fully saturated rings. The predicted octanol–water partition coefficient (Wildman–Crippen LogP) is 2.46. The molecule has 0 unspecified atom stereocenters. The van der Waals surface area contributed by atoms with Gasteiger partial charge in [0, 0.05) is 6.07 Å². The average molecular weight is 225 g/mol. The van der Waals surface area contributed by atoms with Crippen molar-refractivity contribution < 1.29 is 27.6 Å². The van der Waals surface area contributed by atoms with Crippen LogP contribution in [-0.4, -0.2) is 10.0 Å². The van der Waals surface area contributed by atoms with Gasteiger partial charge in [0.1, 0.15) is 11.4 Å². The van der Waals surface area contributed by atoms with Gasteiger partial charge in [-0.2, -0.15) is 13.2 Å². The molecule has 0 saturated heterocycles. The van der Waals surface area contributed by atoms with Gasteiger partial charge in [0.15, 0.2) is 0 Å². The number of nitro benzene ring substituents is 1. The number of hydrogen-bond donors (Lipinski definition) is 1. The molecule has 0 aromatic heterocycles. The van der Waals surface area contributed by atoms with Gasteiger partial charge in [-0.3, -0.25) is 10.1 Å². The largest absolute Gasteiger partial charge is 0.502 e. The smallest absolute Gasteiger partial charge is 0.423 e. The lowest BCUT2D eigenvalue weighted by atomic mass is 10.1. The molecular formula is C7H3F4NO3. The lowest BCUT2D eigenvalue weighted by molar-refractivity contribution is -0.386. The number of phenolic OH excluding ortho intramolecular Hbond substituents is 1. The molecule has 15 heavy (non-hydrogen) atoms. The van der Waals surface area contributed by atoms with Gasteiger partial charge in [0.2, 0.25) is 5.75 Å². The van der Waals surface area contributed by atoms with E-state index >= 15 is 0 Å². The minimum atomic E-state index is -5.18. The molecule has 0 aliphatic carbocycles. The number of aromatic hydroxyl groups is 1. The van der Waals surface area contributed by atoms with Crippen LogP contribution in [0.1, 0.15) is 5.56 Å². The maximum atomic E-state index is 12.7. The van der Waals surface area contributed by atoms with Crippen LogP contribution >= 0.6 is 0 Å². The zero-order valence-corrected chi connectivity index (χ0v) is 6.88. The maximum Gasteiger partial charge on any atom is 0.423 e. The van der Waals surface area contributed by atoms with Crippen LogP contribution in [0.25, 0.3) is 0 Å². The molecule has 0 aliphatic heterocycles. The van der Waals surface area contributed by atoms with E-state index in [0.717, 1.165) is 0 Å². The minimum absolute atomic E-state index is 0.278. The third kappa shape index (κ3) is 1.97. The molecule has 0 aliphatic rings. The zero-order chi connectivity index (χ0) is 11.8. The lowest BCUT2D eigenvalue weighted by Crippen LogP contribution is -2.09. The summed E-state index contributed by atoms with van der Waals surface area (Å²) in [6.45, 7) is 0. The average Bonchev–Trinajstić information content (AvgIpc) is 2.00. The van der Waals surface area contributed by atoms with Crippen LogP contribution in [0, 0.1) is 15.9 Å². The van der Waals surface area contributed by atoms with E-state index in [-0.39, 0.29) is 6.07 Å². The second-order valence-corrected chi connectivity index (χ2v) is 2.54. The second kappa shape index (κ2) is 3.37. The lowest BCUT2D eigenvalue weighted by Gasteiger charge is -2.09. The molecule has 0 saturated carbocycles. The standard InChI is InChI=1S/C7H3F4NO3/c8-3-1-2-4(12(14)15)6(13)5(3)7(9,10)11/h1-2,13H. The van der Waals surface area contributed by atoms with Crippen LogP contribution in [0.5, 0.6) is 5.75 Å². The Morgan fingerprint density at radius 1 is 1.33 bits per heavy atom. The summed E-state index contributed by atoms with van der Waals surface area (Å²) in [6, 6.07) is 0.737. The quantitative estimate of drug-likeness (QED) is 0.453. The van der Waals surface area contributed by atoms with Crippen molar-refractivity contribution in [1.29, 1.82) is 0 Å². The molecule has 4 nitrogen and oxygen atoms in total. The molecule has 1 rings (SSSR count). The first-order valence-electron chi connectivity index (χ1n) is 3.48. The monoisotopic (exact) mass is 225 g/mol. The molecule has 0 radical (unpaired) electrons. The van der Waals surface area contributed by atoms with E-state index in [0.29, 0.717) is 6.07 Å². The van der Waals surface area contributed by atoms with Gasteiger partial charge in [-0.05, 0) is 6.07 Å². The van der Waals surface area contributed by atoms with E-state index in [9.17, 15) is 27.7 Å². The van der Waals surface area contributed by atoms with Crippen LogP contribution in [0.3, 0.4) is 0 Å². The number of nitro groups is 1. The SMILES string of the molecule is O=[N+]([O-])c1ccc(F)c(C(F)(F)F)c1O. The number of benzene rings is 1. The van der Waals surface area contributed by atoms with E-state index < -0.39 is 33.9 Å². The Morgan fingerprint density at radius 2 is 1.87 bits per heavy atom. The van der Waals surface area contributed by atoms with E-state index in [2.05, 4.69) is 0 Å². The third-order valence-corrected chi connectivity index (χ3v) is 1.59.